The molecule has 132 valence electrons. The number of carbonyl (C=O) groups excluding carboxylic acids is 2. The standard InChI is InChI=1S/C17H19N3O5/c1-20-17-12(8-18-20)11(7-15(21)19-17)10-4-5-13(14(6-10)23-2)25-9-16(22)24-3/h4-6,8,11H,7,9H2,1-3H3,(H,19,21)/t11-/m1/s1. The van der Waals surface area contributed by atoms with Gasteiger partial charge in [0.2, 0.25) is 5.91 Å². The van der Waals surface area contributed by atoms with Crippen LogP contribution in [-0.4, -0.2) is 42.5 Å². The van der Waals surface area contributed by atoms with Crippen LogP contribution < -0.4 is 14.8 Å². The van der Waals surface area contributed by atoms with E-state index in [1.54, 1.807) is 24.0 Å². The lowest BCUT2D eigenvalue weighted by Gasteiger charge is -2.24. The summed E-state index contributed by atoms with van der Waals surface area (Å²) < 4.78 is 17.0. The molecule has 8 nitrogen and oxygen atoms in total. The molecule has 1 aromatic heterocycles. The molecule has 8 heteroatoms. The fourth-order valence-electron chi connectivity index (χ4n) is 2.85. The highest BCUT2D eigenvalue weighted by Crippen LogP contribution is 2.39. The van der Waals surface area contributed by atoms with Crippen molar-refractivity contribution in [3.05, 3.63) is 35.5 Å². The molecule has 25 heavy (non-hydrogen) atoms. The van der Waals surface area contributed by atoms with Crippen LogP contribution >= 0.6 is 0 Å². The monoisotopic (exact) mass is 345 g/mol. The summed E-state index contributed by atoms with van der Waals surface area (Å²) >= 11 is 0. The van der Waals surface area contributed by atoms with E-state index in [9.17, 15) is 9.59 Å². The number of hydrogen-bond acceptors (Lipinski definition) is 6. The van der Waals surface area contributed by atoms with Gasteiger partial charge in [0.05, 0.1) is 20.4 Å². The van der Waals surface area contributed by atoms with Crippen molar-refractivity contribution in [2.45, 2.75) is 12.3 Å². The van der Waals surface area contributed by atoms with E-state index in [1.165, 1.54) is 14.2 Å². The molecule has 0 aliphatic carbocycles. The second-order valence-electron chi connectivity index (χ2n) is 5.65. The summed E-state index contributed by atoms with van der Waals surface area (Å²) in [4.78, 5) is 23.3. The maximum absolute atomic E-state index is 12.0. The van der Waals surface area contributed by atoms with Crippen LogP contribution in [0.3, 0.4) is 0 Å². The van der Waals surface area contributed by atoms with Crippen molar-refractivity contribution in [2.24, 2.45) is 7.05 Å². The van der Waals surface area contributed by atoms with Crippen molar-refractivity contribution in [2.75, 3.05) is 26.1 Å². The molecular weight excluding hydrogens is 326 g/mol. The van der Waals surface area contributed by atoms with Gasteiger partial charge in [0, 0.05) is 24.9 Å². The Labute approximate surface area is 144 Å². The quantitative estimate of drug-likeness (QED) is 0.825. The predicted octanol–water partition coefficient (Wildman–Crippen LogP) is 1.45. The van der Waals surface area contributed by atoms with Crippen molar-refractivity contribution in [1.29, 1.82) is 0 Å². The first-order chi connectivity index (χ1) is 12.0. The van der Waals surface area contributed by atoms with E-state index in [0.29, 0.717) is 23.7 Å². The Balaban J connectivity index is 1.90. The summed E-state index contributed by atoms with van der Waals surface area (Å²) in [6, 6.07) is 5.39. The summed E-state index contributed by atoms with van der Waals surface area (Å²) in [5.74, 6) is 0.953. The Bertz CT molecular complexity index is 815. The first-order valence-electron chi connectivity index (χ1n) is 7.72. The van der Waals surface area contributed by atoms with Crippen molar-refractivity contribution in [3.63, 3.8) is 0 Å². The van der Waals surface area contributed by atoms with Crippen LogP contribution in [0.2, 0.25) is 0 Å². The largest absolute Gasteiger partial charge is 0.493 e. The topological polar surface area (TPSA) is 91.7 Å². The fraction of sp³-hybridized carbons (Fsp3) is 0.353. The lowest BCUT2D eigenvalue weighted by molar-refractivity contribution is -0.142. The molecule has 0 fully saturated rings. The molecule has 0 radical (unpaired) electrons. The average Bonchev–Trinajstić information content (AvgIpc) is 2.99. The van der Waals surface area contributed by atoms with Crippen LogP contribution in [0.1, 0.15) is 23.5 Å². The third kappa shape index (κ3) is 3.28. The number of fused-ring (bicyclic) bond motifs is 1. The van der Waals surface area contributed by atoms with Gasteiger partial charge in [0.25, 0.3) is 0 Å². The van der Waals surface area contributed by atoms with E-state index in [4.69, 9.17) is 9.47 Å². The number of esters is 1. The maximum atomic E-state index is 12.0. The molecular formula is C17H19N3O5. The first kappa shape index (κ1) is 16.8. The van der Waals surface area contributed by atoms with Crippen molar-refractivity contribution in [1.82, 2.24) is 9.78 Å². The number of aromatic nitrogens is 2. The molecule has 0 saturated heterocycles. The van der Waals surface area contributed by atoms with Crippen molar-refractivity contribution < 1.29 is 23.8 Å². The average molecular weight is 345 g/mol. The molecule has 1 aliphatic heterocycles. The third-order valence-corrected chi connectivity index (χ3v) is 4.15. The van der Waals surface area contributed by atoms with Gasteiger partial charge in [0.1, 0.15) is 5.82 Å². The summed E-state index contributed by atoms with van der Waals surface area (Å²) in [5.41, 5.74) is 1.86. The van der Waals surface area contributed by atoms with Crippen LogP contribution in [0, 0.1) is 0 Å². The minimum absolute atomic E-state index is 0.0638. The minimum atomic E-state index is -0.477. The molecule has 0 spiro atoms. The summed E-state index contributed by atoms with van der Waals surface area (Å²) in [6.07, 6.45) is 2.08. The molecule has 1 aromatic carbocycles. The Morgan fingerprint density at radius 3 is 2.88 bits per heavy atom. The van der Waals surface area contributed by atoms with Gasteiger partial charge in [0.15, 0.2) is 18.1 Å². The lowest BCUT2D eigenvalue weighted by atomic mass is 9.87. The maximum Gasteiger partial charge on any atom is 0.343 e. The summed E-state index contributed by atoms with van der Waals surface area (Å²) in [6.45, 7) is -0.204. The molecule has 1 amide bonds. The van der Waals surface area contributed by atoms with Crippen molar-refractivity contribution >= 4 is 17.7 Å². The van der Waals surface area contributed by atoms with Crippen LogP contribution in [-0.2, 0) is 21.4 Å². The van der Waals surface area contributed by atoms with E-state index in [0.717, 1.165) is 11.1 Å². The third-order valence-electron chi connectivity index (χ3n) is 4.15. The van der Waals surface area contributed by atoms with Gasteiger partial charge in [-0.1, -0.05) is 6.07 Å². The second-order valence-corrected chi connectivity index (χ2v) is 5.65. The molecule has 0 saturated carbocycles. The van der Waals surface area contributed by atoms with Gasteiger partial charge < -0.3 is 19.5 Å². The van der Waals surface area contributed by atoms with E-state index >= 15 is 0 Å². The van der Waals surface area contributed by atoms with E-state index in [-0.39, 0.29) is 18.4 Å². The number of nitrogens with one attached hydrogen (secondary N) is 1. The van der Waals surface area contributed by atoms with Gasteiger partial charge in [-0.3, -0.25) is 9.48 Å². The molecule has 0 bridgehead atoms. The smallest absolute Gasteiger partial charge is 0.343 e. The molecule has 0 unspecified atom stereocenters. The number of hydrogen-bond donors (Lipinski definition) is 1. The number of benzene rings is 1. The van der Waals surface area contributed by atoms with Gasteiger partial charge in [-0.25, -0.2) is 4.79 Å². The van der Waals surface area contributed by atoms with Gasteiger partial charge in [-0.15, -0.1) is 0 Å². The van der Waals surface area contributed by atoms with Gasteiger partial charge in [-0.2, -0.15) is 5.10 Å². The lowest BCUT2D eigenvalue weighted by Crippen LogP contribution is -2.24. The summed E-state index contributed by atoms with van der Waals surface area (Å²) in [5, 5.41) is 7.06. The zero-order chi connectivity index (χ0) is 18.0. The molecule has 1 N–H and O–H groups in total. The minimum Gasteiger partial charge on any atom is -0.493 e. The number of methoxy groups -OCH3 is 2. The number of ether oxygens (including phenoxy) is 3. The number of carbonyl (C=O) groups is 2. The van der Waals surface area contributed by atoms with Crippen LogP contribution in [0.5, 0.6) is 11.5 Å². The van der Waals surface area contributed by atoms with Crippen LogP contribution in [0.15, 0.2) is 24.4 Å². The Morgan fingerprint density at radius 2 is 2.16 bits per heavy atom. The van der Waals surface area contributed by atoms with Crippen molar-refractivity contribution in [3.8, 4) is 11.5 Å². The molecule has 1 atom stereocenters. The summed E-state index contributed by atoms with van der Waals surface area (Å²) in [7, 11) is 4.60. The molecule has 2 aromatic rings. The zero-order valence-corrected chi connectivity index (χ0v) is 14.2. The second kappa shape index (κ2) is 6.84. The molecule has 2 heterocycles. The number of nitrogens with zero attached hydrogens (tertiary/aromatic N) is 2. The Kier molecular flexibility index (Phi) is 4.60. The van der Waals surface area contributed by atoms with Crippen LogP contribution in [0.25, 0.3) is 0 Å². The highest BCUT2D eigenvalue weighted by Gasteiger charge is 2.29. The fourth-order valence-corrected chi connectivity index (χ4v) is 2.85. The predicted molar refractivity (Wildman–Crippen MR) is 88.8 cm³/mol. The van der Waals surface area contributed by atoms with E-state index in [2.05, 4.69) is 15.2 Å². The van der Waals surface area contributed by atoms with E-state index < -0.39 is 5.97 Å². The van der Waals surface area contributed by atoms with E-state index in [1.807, 2.05) is 12.1 Å². The highest BCUT2D eigenvalue weighted by atomic mass is 16.6. The SMILES string of the molecule is COC(=O)COc1ccc([C@H]2CC(=O)Nc3c2cnn3C)cc1OC. The zero-order valence-electron chi connectivity index (χ0n) is 14.2. The number of rotatable bonds is 5. The first-order valence-corrected chi connectivity index (χ1v) is 7.72. The Hall–Kier alpha value is -3.03. The highest BCUT2D eigenvalue weighted by molar-refractivity contribution is 5.94. The number of amides is 1. The molecule has 3 rings (SSSR count). The van der Waals surface area contributed by atoms with Gasteiger partial charge >= 0.3 is 5.97 Å². The van der Waals surface area contributed by atoms with Gasteiger partial charge in [-0.05, 0) is 17.7 Å². The normalized spacial score (nSPS) is 16.0. The number of aryl methyl sites for hydroxylation is 1. The van der Waals surface area contributed by atoms with Crippen LogP contribution in [0.4, 0.5) is 5.82 Å². The Morgan fingerprint density at radius 1 is 1.36 bits per heavy atom. The molecule has 1 aliphatic rings. The number of anilines is 1.